The molecule has 1 fully saturated rings. The first-order chi connectivity index (χ1) is 8.36. The van der Waals surface area contributed by atoms with E-state index in [1.54, 1.807) is 11.3 Å². The largest absolute Gasteiger partial charge is 0.299 e. The van der Waals surface area contributed by atoms with Crippen LogP contribution in [0.15, 0.2) is 5.38 Å². The lowest BCUT2D eigenvalue weighted by Crippen LogP contribution is -2.33. The minimum absolute atomic E-state index is 0.202. The van der Waals surface area contributed by atoms with Gasteiger partial charge in [0.2, 0.25) is 0 Å². The van der Waals surface area contributed by atoms with Crippen molar-refractivity contribution in [3.63, 3.8) is 0 Å². The van der Waals surface area contributed by atoms with Crippen molar-refractivity contribution in [2.24, 2.45) is 17.3 Å². The molecule has 2 nitrogen and oxygen atoms in total. The van der Waals surface area contributed by atoms with Crippen molar-refractivity contribution in [2.75, 3.05) is 0 Å². The van der Waals surface area contributed by atoms with Crippen LogP contribution in [0.2, 0.25) is 0 Å². The highest BCUT2D eigenvalue weighted by atomic mass is 32.1. The summed E-state index contributed by atoms with van der Waals surface area (Å²) in [5.41, 5.74) is 1.39. The van der Waals surface area contributed by atoms with Gasteiger partial charge in [0.05, 0.1) is 5.01 Å². The molecule has 1 saturated carbocycles. The van der Waals surface area contributed by atoms with E-state index in [-0.39, 0.29) is 5.92 Å². The number of nitrogens with zero attached hydrogens (tertiary/aromatic N) is 1. The summed E-state index contributed by atoms with van der Waals surface area (Å²) in [6, 6.07) is 0. The van der Waals surface area contributed by atoms with Crippen LogP contribution in [-0.4, -0.2) is 10.8 Å². The van der Waals surface area contributed by atoms with E-state index >= 15 is 0 Å². The topological polar surface area (TPSA) is 30.0 Å². The van der Waals surface area contributed by atoms with Crippen LogP contribution in [0.3, 0.4) is 0 Å². The van der Waals surface area contributed by atoms with Crippen molar-refractivity contribution < 1.29 is 4.79 Å². The van der Waals surface area contributed by atoms with Gasteiger partial charge >= 0.3 is 0 Å². The molecule has 18 heavy (non-hydrogen) atoms. The summed E-state index contributed by atoms with van der Waals surface area (Å²) >= 11 is 1.69. The number of carbonyl (C=O) groups excluding carboxylic acids is 1. The van der Waals surface area contributed by atoms with Gasteiger partial charge in [0.25, 0.3) is 0 Å². The highest BCUT2D eigenvalue weighted by molar-refractivity contribution is 7.09. The predicted octanol–water partition coefficient (Wildman–Crippen LogP) is 4.03. The van der Waals surface area contributed by atoms with Crippen LogP contribution >= 0.6 is 11.3 Å². The fourth-order valence-electron chi connectivity index (χ4n) is 2.80. The number of hydrogen-bond donors (Lipinski definition) is 0. The molecule has 0 saturated heterocycles. The van der Waals surface area contributed by atoms with E-state index in [0.29, 0.717) is 17.1 Å². The quantitative estimate of drug-likeness (QED) is 0.808. The van der Waals surface area contributed by atoms with E-state index in [9.17, 15) is 4.79 Å². The van der Waals surface area contributed by atoms with Gasteiger partial charge in [-0.15, -0.1) is 11.3 Å². The van der Waals surface area contributed by atoms with Crippen molar-refractivity contribution in [3.05, 3.63) is 16.1 Å². The molecule has 1 aliphatic carbocycles. The van der Waals surface area contributed by atoms with Crippen molar-refractivity contribution in [1.82, 2.24) is 4.98 Å². The fourth-order valence-corrected chi connectivity index (χ4v) is 3.66. The van der Waals surface area contributed by atoms with Gasteiger partial charge in [0.1, 0.15) is 5.78 Å². The molecule has 0 radical (unpaired) electrons. The Hall–Kier alpha value is -0.700. The number of aryl methyl sites for hydroxylation is 1. The maximum absolute atomic E-state index is 12.1. The Kier molecular flexibility index (Phi) is 3.90. The summed E-state index contributed by atoms with van der Waals surface area (Å²) in [6.45, 7) is 8.88. The molecule has 0 bridgehead atoms. The van der Waals surface area contributed by atoms with E-state index in [1.165, 1.54) is 0 Å². The smallest absolute Gasteiger partial charge is 0.136 e. The van der Waals surface area contributed by atoms with E-state index in [0.717, 1.165) is 36.4 Å². The monoisotopic (exact) mass is 265 g/mol. The van der Waals surface area contributed by atoms with Gasteiger partial charge in [-0.05, 0) is 31.1 Å². The molecular formula is C15H23NOS. The molecule has 1 aliphatic rings. The van der Waals surface area contributed by atoms with Gasteiger partial charge < -0.3 is 0 Å². The first-order valence-electron chi connectivity index (χ1n) is 6.80. The minimum atomic E-state index is 0.202. The summed E-state index contributed by atoms with van der Waals surface area (Å²) in [6.07, 6.45) is 3.72. The van der Waals surface area contributed by atoms with Gasteiger partial charge in [-0.3, -0.25) is 4.79 Å². The molecule has 1 heterocycles. The molecule has 3 heteroatoms. The second-order valence-corrected chi connectivity index (χ2v) is 7.53. The van der Waals surface area contributed by atoms with Gasteiger partial charge in [-0.25, -0.2) is 4.98 Å². The molecule has 0 amide bonds. The Morgan fingerprint density at radius 1 is 1.44 bits per heavy atom. The summed E-state index contributed by atoms with van der Waals surface area (Å²) in [5.74, 6) is 1.32. The number of aromatic nitrogens is 1. The molecule has 1 aromatic rings. The molecular weight excluding hydrogens is 242 g/mol. The Bertz CT molecular complexity index is 430. The van der Waals surface area contributed by atoms with Crippen LogP contribution in [0.5, 0.6) is 0 Å². The number of carbonyl (C=O) groups is 1. The van der Waals surface area contributed by atoms with Crippen molar-refractivity contribution in [3.8, 4) is 0 Å². The zero-order valence-electron chi connectivity index (χ0n) is 11.8. The Morgan fingerprint density at radius 3 is 2.72 bits per heavy atom. The maximum atomic E-state index is 12.1. The zero-order valence-corrected chi connectivity index (χ0v) is 12.6. The minimum Gasteiger partial charge on any atom is -0.299 e. The van der Waals surface area contributed by atoms with Gasteiger partial charge in [-0.1, -0.05) is 20.8 Å². The third kappa shape index (κ3) is 3.19. The predicted molar refractivity (Wildman–Crippen MR) is 75.8 cm³/mol. The van der Waals surface area contributed by atoms with Crippen LogP contribution < -0.4 is 0 Å². The summed E-state index contributed by atoms with van der Waals surface area (Å²) in [5, 5.41) is 3.20. The molecule has 0 aromatic carbocycles. The molecule has 1 aromatic heterocycles. The number of rotatable bonds is 2. The number of hydrogen-bond acceptors (Lipinski definition) is 3. The van der Waals surface area contributed by atoms with E-state index in [1.807, 2.05) is 6.92 Å². The second-order valence-electron chi connectivity index (χ2n) is 6.59. The average molecular weight is 265 g/mol. The van der Waals surface area contributed by atoms with E-state index < -0.39 is 0 Å². The number of Topliss-reactive ketones (excluding diaryl/α,β-unsaturated/α-hetero) is 1. The average Bonchev–Trinajstić information content (AvgIpc) is 2.66. The Morgan fingerprint density at radius 2 is 2.17 bits per heavy atom. The van der Waals surface area contributed by atoms with Crippen LogP contribution in [0, 0.1) is 24.2 Å². The normalized spacial score (nSPS) is 25.4. The Balaban J connectivity index is 2.04. The number of thiazole rings is 1. The van der Waals surface area contributed by atoms with Crippen molar-refractivity contribution in [1.29, 1.82) is 0 Å². The Labute approximate surface area is 114 Å². The first kappa shape index (κ1) is 13.7. The second kappa shape index (κ2) is 5.12. The highest BCUT2D eigenvalue weighted by Crippen LogP contribution is 2.40. The molecule has 2 unspecified atom stereocenters. The molecule has 2 rings (SSSR count). The van der Waals surface area contributed by atoms with Crippen LogP contribution in [0.1, 0.15) is 50.7 Å². The van der Waals surface area contributed by atoms with E-state index in [4.69, 9.17) is 0 Å². The highest BCUT2D eigenvalue weighted by Gasteiger charge is 2.35. The standard InChI is InChI=1S/C15H23NOS/c1-10-9-18-14(16-10)8-11-7-12(15(2,3)4)5-6-13(11)17/h9,11-12H,5-8H2,1-4H3. The zero-order chi connectivity index (χ0) is 13.3. The van der Waals surface area contributed by atoms with Crippen molar-refractivity contribution in [2.45, 2.75) is 53.4 Å². The van der Waals surface area contributed by atoms with E-state index in [2.05, 4.69) is 31.1 Å². The SMILES string of the molecule is Cc1csc(CC2CC(C(C)(C)C)CCC2=O)n1. The molecule has 100 valence electrons. The first-order valence-corrected chi connectivity index (χ1v) is 7.68. The van der Waals surface area contributed by atoms with Gasteiger partial charge in [-0.2, -0.15) is 0 Å². The van der Waals surface area contributed by atoms with Crippen LogP contribution in [0.4, 0.5) is 0 Å². The molecule has 2 atom stereocenters. The van der Waals surface area contributed by atoms with Crippen molar-refractivity contribution >= 4 is 17.1 Å². The molecule has 0 aliphatic heterocycles. The molecule has 0 spiro atoms. The maximum Gasteiger partial charge on any atom is 0.136 e. The lowest BCUT2D eigenvalue weighted by Gasteiger charge is -2.36. The third-order valence-corrected chi connectivity index (χ3v) is 5.06. The lowest BCUT2D eigenvalue weighted by atomic mass is 9.68. The summed E-state index contributed by atoms with van der Waals surface area (Å²) in [4.78, 5) is 16.5. The van der Waals surface area contributed by atoms with Crippen LogP contribution in [0.25, 0.3) is 0 Å². The van der Waals surface area contributed by atoms with Gasteiger partial charge in [0, 0.05) is 29.8 Å². The van der Waals surface area contributed by atoms with Gasteiger partial charge in [0.15, 0.2) is 0 Å². The fraction of sp³-hybridized carbons (Fsp3) is 0.733. The lowest BCUT2D eigenvalue weighted by molar-refractivity contribution is -0.126. The summed E-state index contributed by atoms with van der Waals surface area (Å²) in [7, 11) is 0. The third-order valence-electron chi connectivity index (χ3n) is 4.08. The molecule has 0 N–H and O–H groups in total. The number of ketones is 1. The van der Waals surface area contributed by atoms with Crippen LogP contribution in [-0.2, 0) is 11.2 Å². The summed E-state index contributed by atoms with van der Waals surface area (Å²) < 4.78 is 0.